The summed E-state index contributed by atoms with van der Waals surface area (Å²) in [6.45, 7) is 3.92. The molecule has 5 rings (SSSR count). The average Bonchev–Trinajstić information content (AvgIpc) is 3.42. The minimum Gasteiger partial charge on any atom is -0.315 e. The van der Waals surface area contributed by atoms with Crippen molar-refractivity contribution in [3.8, 4) is 11.1 Å². The van der Waals surface area contributed by atoms with Gasteiger partial charge in [-0.1, -0.05) is 12.1 Å². The first-order valence-electron chi connectivity index (χ1n) is 9.68. The number of nitrogens with one attached hydrogen (secondary N) is 2. The number of aryl methyl sites for hydroxylation is 1. The molecule has 2 aliphatic rings. The van der Waals surface area contributed by atoms with Crippen LogP contribution in [-0.4, -0.2) is 44.5 Å². The van der Waals surface area contributed by atoms with Gasteiger partial charge < -0.3 is 5.32 Å². The molecule has 28 heavy (non-hydrogen) atoms. The topological polar surface area (TPSA) is 93.8 Å². The fourth-order valence-corrected chi connectivity index (χ4v) is 4.31. The normalized spacial score (nSPS) is 22.8. The monoisotopic (exact) mass is 378 g/mol. The van der Waals surface area contributed by atoms with Crippen molar-refractivity contribution in [2.45, 2.75) is 38.3 Å². The summed E-state index contributed by atoms with van der Waals surface area (Å²) in [5.74, 6) is -0.503. The zero-order valence-electron chi connectivity index (χ0n) is 15.7. The summed E-state index contributed by atoms with van der Waals surface area (Å²) < 4.78 is 3.80. The zero-order chi connectivity index (χ0) is 19.3. The van der Waals surface area contributed by atoms with Crippen LogP contribution in [-0.2, 0) is 9.59 Å². The summed E-state index contributed by atoms with van der Waals surface area (Å²) in [7, 11) is 0. The van der Waals surface area contributed by atoms with E-state index >= 15 is 0 Å². The Kier molecular flexibility index (Phi) is 4.01. The minimum absolute atomic E-state index is 0.219. The van der Waals surface area contributed by atoms with Crippen molar-refractivity contribution in [1.82, 2.24) is 30.2 Å². The van der Waals surface area contributed by atoms with E-state index in [2.05, 4.69) is 33.1 Å². The molecule has 0 bridgehead atoms. The quantitative estimate of drug-likeness (QED) is 0.677. The van der Waals surface area contributed by atoms with Crippen LogP contribution in [0, 0.1) is 6.92 Å². The molecule has 1 aromatic carbocycles. The number of benzene rings is 1. The molecule has 8 heteroatoms. The van der Waals surface area contributed by atoms with Crippen molar-refractivity contribution < 1.29 is 9.59 Å². The molecule has 0 saturated carbocycles. The fourth-order valence-electron chi connectivity index (χ4n) is 4.31. The summed E-state index contributed by atoms with van der Waals surface area (Å²) in [5, 5.41) is 16.1. The van der Waals surface area contributed by atoms with Crippen LogP contribution in [0.2, 0.25) is 0 Å². The van der Waals surface area contributed by atoms with Crippen molar-refractivity contribution >= 4 is 22.7 Å². The first kappa shape index (κ1) is 17.1. The molecule has 3 aromatic rings. The lowest BCUT2D eigenvalue weighted by molar-refractivity contribution is -0.135. The van der Waals surface area contributed by atoms with Gasteiger partial charge in [0.25, 0.3) is 5.91 Å². The minimum atomic E-state index is -0.462. The van der Waals surface area contributed by atoms with E-state index in [1.807, 2.05) is 29.9 Å². The third-order valence-electron chi connectivity index (χ3n) is 5.74. The number of piperidine rings is 1. The lowest BCUT2D eigenvalue weighted by Gasteiger charge is -2.21. The van der Waals surface area contributed by atoms with E-state index in [0.717, 1.165) is 47.2 Å². The van der Waals surface area contributed by atoms with E-state index in [0.29, 0.717) is 18.9 Å². The van der Waals surface area contributed by atoms with Crippen LogP contribution >= 0.6 is 0 Å². The number of amides is 2. The largest absolute Gasteiger partial charge is 0.315 e. The van der Waals surface area contributed by atoms with E-state index in [4.69, 9.17) is 0 Å². The third kappa shape index (κ3) is 2.72. The molecule has 4 heterocycles. The predicted octanol–water partition coefficient (Wildman–Crippen LogP) is 1.72. The molecule has 0 spiro atoms. The molecule has 2 atom stereocenters. The number of fused-ring (bicyclic) bond motifs is 1. The van der Waals surface area contributed by atoms with Crippen LogP contribution in [0.15, 0.2) is 30.6 Å². The van der Waals surface area contributed by atoms with Gasteiger partial charge in [-0.3, -0.25) is 24.3 Å². The second kappa shape index (κ2) is 6.56. The number of carbonyl (C=O) groups excluding carboxylic acids is 2. The van der Waals surface area contributed by atoms with Crippen molar-refractivity contribution in [3.63, 3.8) is 0 Å². The standard InChI is InChI=1S/C20H22N6O2/c1-12-19-15(13-9-22-25(11-13)14-7-8-21-10-14)3-2-4-16(19)26(24-12)17-5-6-18(27)23-20(17)28/h2-4,9,11,14,17,21H,5-8,10H2,1H3,(H,23,27,28)/t14-,17?/m1/s1. The lowest BCUT2D eigenvalue weighted by Crippen LogP contribution is -2.42. The number of imide groups is 1. The van der Waals surface area contributed by atoms with Gasteiger partial charge in [0.05, 0.1) is 23.4 Å². The first-order valence-corrected chi connectivity index (χ1v) is 9.68. The molecule has 8 nitrogen and oxygen atoms in total. The van der Waals surface area contributed by atoms with Crippen molar-refractivity contribution in [2.75, 3.05) is 13.1 Å². The number of hydrogen-bond donors (Lipinski definition) is 2. The van der Waals surface area contributed by atoms with Gasteiger partial charge in [0.2, 0.25) is 5.91 Å². The number of carbonyl (C=O) groups is 2. The van der Waals surface area contributed by atoms with Crippen molar-refractivity contribution in [3.05, 3.63) is 36.3 Å². The summed E-state index contributed by atoms with van der Waals surface area (Å²) in [4.78, 5) is 23.8. The molecule has 2 saturated heterocycles. The van der Waals surface area contributed by atoms with Crippen LogP contribution in [0.25, 0.3) is 22.0 Å². The fraction of sp³-hybridized carbons (Fsp3) is 0.400. The maximum atomic E-state index is 12.4. The van der Waals surface area contributed by atoms with Crippen LogP contribution in [0.1, 0.15) is 37.0 Å². The zero-order valence-corrected chi connectivity index (χ0v) is 15.7. The van der Waals surface area contributed by atoms with E-state index < -0.39 is 6.04 Å². The Bertz CT molecular complexity index is 1080. The van der Waals surface area contributed by atoms with E-state index in [9.17, 15) is 9.59 Å². The van der Waals surface area contributed by atoms with Gasteiger partial charge in [-0.2, -0.15) is 10.2 Å². The molecule has 2 aromatic heterocycles. The highest BCUT2D eigenvalue weighted by atomic mass is 16.2. The molecular weight excluding hydrogens is 356 g/mol. The molecular formula is C20H22N6O2. The maximum absolute atomic E-state index is 12.4. The molecule has 2 aliphatic heterocycles. The highest BCUT2D eigenvalue weighted by molar-refractivity contribution is 6.01. The molecule has 0 radical (unpaired) electrons. The number of aromatic nitrogens is 4. The highest BCUT2D eigenvalue weighted by Crippen LogP contribution is 2.34. The second-order valence-corrected chi connectivity index (χ2v) is 7.55. The van der Waals surface area contributed by atoms with Gasteiger partial charge in [-0.05, 0) is 37.9 Å². The van der Waals surface area contributed by atoms with Gasteiger partial charge in [0.1, 0.15) is 6.04 Å². The molecule has 2 amide bonds. The Morgan fingerprint density at radius 3 is 2.89 bits per heavy atom. The molecule has 2 fully saturated rings. The number of hydrogen-bond acceptors (Lipinski definition) is 5. The predicted molar refractivity (Wildman–Crippen MR) is 104 cm³/mol. The van der Waals surface area contributed by atoms with E-state index in [1.54, 1.807) is 4.68 Å². The smallest absolute Gasteiger partial charge is 0.251 e. The van der Waals surface area contributed by atoms with Crippen LogP contribution < -0.4 is 10.6 Å². The van der Waals surface area contributed by atoms with Gasteiger partial charge in [0, 0.05) is 30.1 Å². The molecule has 2 N–H and O–H groups in total. The number of rotatable bonds is 3. The van der Waals surface area contributed by atoms with Crippen molar-refractivity contribution in [2.24, 2.45) is 0 Å². The Hall–Kier alpha value is -3.00. The SMILES string of the molecule is Cc1nn(C2CCC(=O)NC2=O)c2cccc(-c3cnn([C@@H]4CCNC4)c3)c12. The Labute approximate surface area is 161 Å². The average molecular weight is 378 g/mol. The molecule has 0 aliphatic carbocycles. The van der Waals surface area contributed by atoms with Gasteiger partial charge >= 0.3 is 0 Å². The maximum Gasteiger partial charge on any atom is 0.251 e. The Morgan fingerprint density at radius 2 is 2.11 bits per heavy atom. The van der Waals surface area contributed by atoms with Crippen LogP contribution in [0.3, 0.4) is 0 Å². The summed E-state index contributed by atoms with van der Waals surface area (Å²) in [5.41, 5.74) is 3.87. The highest BCUT2D eigenvalue weighted by Gasteiger charge is 2.30. The van der Waals surface area contributed by atoms with Crippen LogP contribution in [0.4, 0.5) is 0 Å². The Balaban J connectivity index is 1.57. The lowest BCUT2D eigenvalue weighted by atomic mass is 10.0. The van der Waals surface area contributed by atoms with Gasteiger partial charge in [-0.25, -0.2) is 0 Å². The molecule has 144 valence electrons. The summed E-state index contributed by atoms with van der Waals surface area (Å²) in [6.07, 6.45) is 5.87. The van der Waals surface area contributed by atoms with Gasteiger partial charge in [-0.15, -0.1) is 0 Å². The first-order chi connectivity index (χ1) is 13.6. The summed E-state index contributed by atoms with van der Waals surface area (Å²) in [6, 6.07) is 5.96. The number of nitrogens with zero attached hydrogens (tertiary/aromatic N) is 4. The second-order valence-electron chi connectivity index (χ2n) is 7.55. The van der Waals surface area contributed by atoms with E-state index in [1.165, 1.54) is 0 Å². The Morgan fingerprint density at radius 1 is 1.21 bits per heavy atom. The van der Waals surface area contributed by atoms with Gasteiger partial charge in [0.15, 0.2) is 0 Å². The van der Waals surface area contributed by atoms with Crippen molar-refractivity contribution in [1.29, 1.82) is 0 Å². The molecule has 1 unspecified atom stereocenters. The third-order valence-corrected chi connectivity index (χ3v) is 5.74. The van der Waals surface area contributed by atoms with E-state index in [-0.39, 0.29) is 11.8 Å². The summed E-state index contributed by atoms with van der Waals surface area (Å²) >= 11 is 0. The van der Waals surface area contributed by atoms with Crippen LogP contribution in [0.5, 0.6) is 0 Å².